The SMILES string of the molecule is O=C1CCN(CCC(=O)N2CCCC(c3nnc(-c4ccc5c(c4)OCO5)o3)C2)C(=O)N1. The lowest BCUT2D eigenvalue weighted by molar-refractivity contribution is -0.132. The number of urea groups is 1. The summed E-state index contributed by atoms with van der Waals surface area (Å²) in [5.74, 6) is 1.87. The molecule has 2 aromatic rings. The number of carbonyl (C=O) groups excluding carboxylic acids is 3. The number of benzene rings is 1. The average molecular weight is 441 g/mol. The predicted molar refractivity (Wildman–Crippen MR) is 109 cm³/mol. The van der Waals surface area contributed by atoms with Gasteiger partial charge in [0.25, 0.3) is 0 Å². The van der Waals surface area contributed by atoms with Crippen LogP contribution in [0.25, 0.3) is 11.5 Å². The van der Waals surface area contributed by atoms with E-state index in [1.165, 1.54) is 4.90 Å². The van der Waals surface area contributed by atoms with Gasteiger partial charge in [0.2, 0.25) is 30.4 Å². The molecule has 1 N–H and O–H groups in total. The van der Waals surface area contributed by atoms with Crippen LogP contribution in [0.2, 0.25) is 0 Å². The Morgan fingerprint density at radius 1 is 1.16 bits per heavy atom. The van der Waals surface area contributed by atoms with E-state index in [1.807, 2.05) is 6.07 Å². The molecule has 11 nitrogen and oxygen atoms in total. The van der Waals surface area contributed by atoms with Crippen molar-refractivity contribution >= 4 is 17.8 Å². The van der Waals surface area contributed by atoms with Crippen LogP contribution < -0.4 is 14.8 Å². The van der Waals surface area contributed by atoms with Crippen molar-refractivity contribution in [2.45, 2.75) is 31.6 Å². The summed E-state index contributed by atoms with van der Waals surface area (Å²) in [5, 5.41) is 10.7. The molecule has 4 amide bonds. The summed E-state index contributed by atoms with van der Waals surface area (Å²) < 4.78 is 16.7. The molecule has 2 saturated heterocycles. The lowest BCUT2D eigenvalue weighted by Gasteiger charge is -2.32. The third-order valence-corrected chi connectivity index (χ3v) is 5.92. The molecular formula is C21H23N5O6. The van der Waals surface area contributed by atoms with Gasteiger partial charge in [-0.3, -0.25) is 14.9 Å². The van der Waals surface area contributed by atoms with E-state index < -0.39 is 6.03 Å². The van der Waals surface area contributed by atoms with Gasteiger partial charge in [-0.05, 0) is 31.0 Å². The highest BCUT2D eigenvalue weighted by Crippen LogP contribution is 2.36. The van der Waals surface area contributed by atoms with Gasteiger partial charge in [-0.1, -0.05) is 0 Å². The predicted octanol–water partition coefficient (Wildman–Crippen LogP) is 1.50. The maximum absolute atomic E-state index is 12.7. The number of imide groups is 1. The Kier molecular flexibility index (Phi) is 5.38. The van der Waals surface area contributed by atoms with E-state index in [2.05, 4.69) is 15.5 Å². The molecule has 3 aliphatic rings. The van der Waals surface area contributed by atoms with Crippen LogP contribution in [0, 0.1) is 0 Å². The van der Waals surface area contributed by atoms with E-state index in [1.54, 1.807) is 17.0 Å². The fourth-order valence-corrected chi connectivity index (χ4v) is 4.15. The lowest BCUT2D eigenvalue weighted by atomic mass is 9.97. The molecule has 1 aromatic heterocycles. The molecule has 0 aliphatic carbocycles. The molecular weight excluding hydrogens is 418 g/mol. The Bertz CT molecular complexity index is 1050. The van der Waals surface area contributed by atoms with Crippen molar-refractivity contribution in [1.29, 1.82) is 0 Å². The first-order chi connectivity index (χ1) is 15.6. The van der Waals surface area contributed by atoms with Crippen LogP contribution in [-0.4, -0.2) is 70.8 Å². The number of likely N-dealkylation sites (tertiary alicyclic amines) is 1. The van der Waals surface area contributed by atoms with Gasteiger partial charge in [-0.25, -0.2) is 4.79 Å². The molecule has 3 aliphatic heterocycles. The highest BCUT2D eigenvalue weighted by atomic mass is 16.7. The van der Waals surface area contributed by atoms with E-state index in [9.17, 15) is 14.4 Å². The van der Waals surface area contributed by atoms with E-state index in [0.29, 0.717) is 42.9 Å². The minimum Gasteiger partial charge on any atom is -0.454 e. The summed E-state index contributed by atoms with van der Waals surface area (Å²) in [7, 11) is 0. The Morgan fingerprint density at radius 2 is 2.03 bits per heavy atom. The summed E-state index contributed by atoms with van der Waals surface area (Å²) >= 11 is 0. The maximum Gasteiger partial charge on any atom is 0.324 e. The molecule has 2 fully saturated rings. The highest BCUT2D eigenvalue weighted by molar-refractivity contribution is 5.96. The molecule has 1 unspecified atom stereocenters. The number of piperidine rings is 1. The van der Waals surface area contributed by atoms with Gasteiger partial charge in [-0.2, -0.15) is 0 Å². The number of aromatic nitrogens is 2. The average Bonchev–Trinajstić information content (AvgIpc) is 3.47. The number of nitrogens with zero attached hydrogens (tertiary/aromatic N) is 4. The van der Waals surface area contributed by atoms with Crippen LogP contribution in [0.3, 0.4) is 0 Å². The minimum absolute atomic E-state index is 0.0325. The topological polar surface area (TPSA) is 127 Å². The van der Waals surface area contributed by atoms with Crippen molar-refractivity contribution in [1.82, 2.24) is 25.3 Å². The zero-order valence-electron chi connectivity index (χ0n) is 17.4. The van der Waals surface area contributed by atoms with E-state index >= 15 is 0 Å². The molecule has 5 rings (SSSR count). The van der Waals surface area contributed by atoms with Crippen molar-refractivity contribution in [3.8, 4) is 23.0 Å². The van der Waals surface area contributed by atoms with Crippen LogP contribution >= 0.6 is 0 Å². The maximum atomic E-state index is 12.7. The Hall–Kier alpha value is -3.63. The van der Waals surface area contributed by atoms with Crippen molar-refractivity contribution in [3.63, 3.8) is 0 Å². The van der Waals surface area contributed by atoms with Gasteiger partial charge < -0.3 is 23.7 Å². The van der Waals surface area contributed by atoms with Crippen LogP contribution in [0.4, 0.5) is 4.79 Å². The second-order valence-corrected chi connectivity index (χ2v) is 8.03. The highest BCUT2D eigenvalue weighted by Gasteiger charge is 2.30. The quantitative estimate of drug-likeness (QED) is 0.740. The molecule has 0 spiro atoms. The molecule has 0 bridgehead atoms. The smallest absolute Gasteiger partial charge is 0.324 e. The number of ether oxygens (including phenoxy) is 2. The minimum atomic E-state index is -0.438. The number of nitrogens with one attached hydrogen (secondary N) is 1. The van der Waals surface area contributed by atoms with Crippen molar-refractivity contribution in [2.24, 2.45) is 0 Å². The number of carbonyl (C=O) groups is 3. The molecule has 0 saturated carbocycles. The Morgan fingerprint density at radius 3 is 2.91 bits per heavy atom. The Labute approximate surface area is 183 Å². The van der Waals surface area contributed by atoms with Crippen LogP contribution in [0.15, 0.2) is 22.6 Å². The first-order valence-electron chi connectivity index (χ1n) is 10.7. The molecule has 4 heterocycles. The van der Waals surface area contributed by atoms with Crippen LogP contribution in [-0.2, 0) is 9.59 Å². The molecule has 1 aromatic carbocycles. The molecule has 1 atom stereocenters. The normalized spacial score (nSPS) is 20.4. The number of hydrogen-bond donors (Lipinski definition) is 1. The van der Waals surface area contributed by atoms with Crippen LogP contribution in [0.5, 0.6) is 11.5 Å². The summed E-state index contributed by atoms with van der Waals surface area (Å²) in [6.07, 6.45) is 2.15. The second kappa shape index (κ2) is 8.48. The first kappa shape index (κ1) is 20.3. The second-order valence-electron chi connectivity index (χ2n) is 8.03. The number of fused-ring (bicyclic) bond motifs is 1. The van der Waals surface area contributed by atoms with Gasteiger partial charge in [0.05, 0.1) is 5.92 Å². The van der Waals surface area contributed by atoms with Crippen molar-refractivity contribution in [3.05, 3.63) is 24.1 Å². The van der Waals surface area contributed by atoms with Gasteiger partial charge in [0.1, 0.15) is 0 Å². The standard InChI is InChI=1S/C21H23N5O6/c27-17-5-8-25(21(29)22-17)9-6-18(28)26-7-1-2-14(11-26)20-24-23-19(32-20)13-3-4-15-16(10-13)31-12-30-15/h3-4,10,14H,1-2,5-9,11-12H2,(H,22,27,29). The molecule has 11 heteroatoms. The zero-order chi connectivity index (χ0) is 22.1. The fourth-order valence-electron chi connectivity index (χ4n) is 4.15. The third-order valence-electron chi connectivity index (χ3n) is 5.92. The Balaban J connectivity index is 1.19. The monoisotopic (exact) mass is 441 g/mol. The number of rotatable bonds is 5. The number of amides is 4. The van der Waals surface area contributed by atoms with Crippen molar-refractivity contribution < 1.29 is 28.3 Å². The summed E-state index contributed by atoms with van der Waals surface area (Å²) in [5.41, 5.74) is 0.745. The third kappa shape index (κ3) is 4.10. The molecule has 0 radical (unpaired) electrons. The van der Waals surface area contributed by atoms with E-state index in [-0.39, 0.29) is 43.9 Å². The largest absolute Gasteiger partial charge is 0.454 e. The molecule has 32 heavy (non-hydrogen) atoms. The lowest BCUT2D eigenvalue weighted by Crippen LogP contribution is -2.50. The van der Waals surface area contributed by atoms with Gasteiger partial charge in [0.15, 0.2) is 11.5 Å². The van der Waals surface area contributed by atoms with E-state index in [4.69, 9.17) is 13.9 Å². The van der Waals surface area contributed by atoms with Gasteiger partial charge in [-0.15, -0.1) is 10.2 Å². The van der Waals surface area contributed by atoms with E-state index in [0.717, 1.165) is 18.4 Å². The van der Waals surface area contributed by atoms with Crippen molar-refractivity contribution in [2.75, 3.05) is 33.0 Å². The molecule has 168 valence electrons. The zero-order valence-corrected chi connectivity index (χ0v) is 17.4. The van der Waals surface area contributed by atoms with Crippen LogP contribution in [0.1, 0.15) is 37.5 Å². The number of hydrogen-bond acceptors (Lipinski definition) is 8. The summed E-state index contributed by atoms with van der Waals surface area (Å²) in [6.45, 7) is 1.97. The summed E-state index contributed by atoms with van der Waals surface area (Å²) in [6, 6.07) is 5.01. The first-order valence-corrected chi connectivity index (χ1v) is 10.7. The summed E-state index contributed by atoms with van der Waals surface area (Å²) in [4.78, 5) is 39.1. The fraction of sp³-hybridized carbons (Fsp3) is 0.476. The van der Waals surface area contributed by atoms with Gasteiger partial charge in [0, 0.05) is 44.6 Å². The van der Waals surface area contributed by atoms with Gasteiger partial charge >= 0.3 is 6.03 Å².